The monoisotopic (exact) mass is 233 g/mol. The number of ether oxygens (including phenoxy) is 1. The number of hydrogen-bond donors (Lipinski definition) is 1. The van der Waals surface area contributed by atoms with E-state index in [0.717, 1.165) is 31.6 Å². The zero-order valence-corrected chi connectivity index (χ0v) is 11.1. The number of hydrogen-bond acceptors (Lipinski definition) is 2. The van der Waals surface area contributed by atoms with Crippen LogP contribution in [0.25, 0.3) is 0 Å². The predicted molar refractivity (Wildman–Crippen MR) is 71.7 cm³/mol. The Balaban J connectivity index is 1.88. The molecule has 1 aromatic carbocycles. The number of aryl methyl sites for hydroxylation is 2. The highest BCUT2D eigenvalue weighted by molar-refractivity contribution is 5.35. The summed E-state index contributed by atoms with van der Waals surface area (Å²) in [4.78, 5) is 0. The lowest BCUT2D eigenvalue weighted by molar-refractivity contribution is 0.0859. The van der Waals surface area contributed by atoms with Crippen molar-refractivity contribution in [2.75, 3.05) is 6.54 Å². The summed E-state index contributed by atoms with van der Waals surface area (Å²) in [6, 6.07) is 7.11. The van der Waals surface area contributed by atoms with Gasteiger partial charge in [-0.25, -0.2) is 0 Å². The van der Waals surface area contributed by atoms with Crippen LogP contribution in [0.3, 0.4) is 0 Å². The van der Waals surface area contributed by atoms with E-state index in [9.17, 15) is 0 Å². The van der Waals surface area contributed by atoms with Gasteiger partial charge in [-0.2, -0.15) is 0 Å². The molecule has 0 saturated heterocycles. The van der Waals surface area contributed by atoms with Gasteiger partial charge in [-0.3, -0.25) is 0 Å². The van der Waals surface area contributed by atoms with E-state index >= 15 is 0 Å². The summed E-state index contributed by atoms with van der Waals surface area (Å²) < 4.78 is 5.98. The quantitative estimate of drug-likeness (QED) is 0.844. The van der Waals surface area contributed by atoms with Crippen molar-refractivity contribution in [3.63, 3.8) is 0 Å². The fourth-order valence-corrected chi connectivity index (χ4v) is 2.41. The van der Waals surface area contributed by atoms with Crippen molar-refractivity contribution in [3.8, 4) is 5.75 Å². The lowest BCUT2D eigenvalue weighted by atomic mass is 9.89. The Bertz CT molecular complexity index is 369. The molecule has 0 unspecified atom stereocenters. The minimum absolute atomic E-state index is 0.409. The minimum Gasteiger partial charge on any atom is -0.490 e. The van der Waals surface area contributed by atoms with E-state index in [1.807, 2.05) is 0 Å². The molecule has 1 aromatic rings. The van der Waals surface area contributed by atoms with Gasteiger partial charge in [0.25, 0.3) is 0 Å². The topological polar surface area (TPSA) is 21.3 Å². The zero-order chi connectivity index (χ0) is 12.3. The molecule has 0 amide bonds. The molecular formula is C15H23NO. The van der Waals surface area contributed by atoms with E-state index in [1.165, 1.54) is 11.1 Å². The van der Waals surface area contributed by atoms with Gasteiger partial charge in [0.2, 0.25) is 0 Å². The lowest BCUT2D eigenvalue weighted by Crippen LogP contribution is -2.46. The molecular weight excluding hydrogens is 210 g/mol. The van der Waals surface area contributed by atoms with E-state index < -0.39 is 0 Å². The van der Waals surface area contributed by atoms with Crippen LogP contribution in [0.4, 0.5) is 0 Å². The van der Waals surface area contributed by atoms with Crippen molar-refractivity contribution >= 4 is 0 Å². The average Bonchev–Trinajstić information content (AvgIpc) is 2.28. The fourth-order valence-electron chi connectivity index (χ4n) is 2.41. The molecule has 17 heavy (non-hydrogen) atoms. The van der Waals surface area contributed by atoms with Gasteiger partial charge < -0.3 is 10.1 Å². The molecule has 1 saturated carbocycles. The van der Waals surface area contributed by atoms with Crippen LogP contribution in [-0.2, 0) is 6.42 Å². The molecule has 0 radical (unpaired) electrons. The summed E-state index contributed by atoms with van der Waals surface area (Å²) in [7, 11) is 0. The molecule has 2 nitrogen and oxygen atoms in total. The number of rotatable bonds is 5. The van der Waals surface area contributed by atoms with Crippen LogP contribution in [0, 0.1) is 6.92 Å². The molecule has 1 aliphatic rings. The second-order valence-electron chi connectivity index (χ2n) is 4.91. The summed E-state index contributed by atoms with van der Waals surface area (Å²) in [5.74, 6) is 1.03. The van der Waals surface area contributed by atoms with Crippen molar-refractivity contribution in [1.29, 1.82) is 0 Å². The Morgan fingerprint density at radius 1 is 1.29 bits per heavy atom. The second kappa shape index (κ2) is 5.54. The van der Waals surface area contributed by atoms with Crippen molar-refractivity contribution in [2.24, 2.45) is 0 Å². The molecule has 2 heteroatoms. The Labute approximate surface area is 104 Å². The van der Waals surface area contributed by atoms with E-state index in [4.69, 9.17) is 4.74 Å². The normalized spacial score (nSPS) is 23.2. The molecule has 1 fully saturated rings. The highest BCUT2D eigenvalue weighted by Crippen LogP contribution is 2.27. The van der Waals surface area contributed by atoms with Crippen LogP contribution in [0.1, 0.15) is 37.8 Å². The van der Waals surface area contributed by atoms with Gasteiger partial charge >= 0.3 is 0 Å². The summed E-state index contributed by atoms with van der Waals surface area (Å²) in [6.45, 7) is 7.56. The van der Waals surface area contributed by atoms with Gasteiger partial charge in [0.05, 0.1) is 0 Å². The van der Waals surface area contributed by atoms with Crippen LogP contribution in [0.2, 0.25) is 0 Å². The molecule has 0 aromatic heterocycles. The first-order valence-corrected chi connectivity index (χ1v) is 6.72. The van der Waals surface area contributed by atoms with Gasteiger partial charge in [-0.1, -0.05) is 19.9 Å². The third kappa shape index (κ3) is 3.01. The molecule has 1 N–H and O–H groups in total. The Kier molecular flexibility index (Phi) is 4.06. The smallest absolute Gasteiger partial charge is 0.120 e. The summed E-state index contributed by atoms with van der Waals surface area (Å²) in [5, 5.41) is 3.45. The van der Waals surface area contributed by atoms with Gasteiger partial charge in [-0.05, 0) is 56.0 Å². The maximum Gasteiger partial charge on any atom is 0.120 e. The summed E-state index contributed by atoms with van der Waals surface area (Å²) in [6.07, 6.45) is 3.77. The maximum atomic E-state index is 5.98. The summed E-state index contributed by atoms with van der Waals surface area (Å²) >= 11 is 0. The van der Waals surface area contributed by atoms with E-state index in [-0.39, 0.29) is 0 Å². The van der Waals surface area contributed by atoms with Crippen molar-refractivity contribution in [2.45, 2.75) is 52.2 Å². The highest BCUT2D eigenvalue weighted by Gasteiger charge is 2.29. The Hall–Kier alpha value is -1.02. The third-order valence-corrected chi connectivity index (χ3v) is 3.59. The molecule has 2 rings (SSSR count). The first-order valence-electron chi connectivity index (χ1n) is 6.72. The SMILES string of the molecule is CCN[C@H]1C[C@@H](Oc2ccc(C)c(CC)c2)C1. The van der Waals surface area contributed by atoms with Gasteiger partial charge in [0.15, 0.2) is 0 Å². The molecule has 0 spiro atoms. The zero-order valence-electron chi connectivity index (χ0n) is 11.1. The number of nitrogens with one attached hydrogen (secondary N) is 1. The first kappa shape index (κ1) is 12.4. The lowest BCUT2D eigenvalue weighted by Gasteiger charge is -2.35. The highest BCUT2D eigenvalue weighted by atomic mass is 16.5. The molecule has 0 aliphatic heterocycles. The number of benzene rings is 1. The third-order valence-electron chi connectivity index (χ3n) is 3.59. The molecule has 1 aliphatic carbocycles. The van der Waals surface area contributed by atoms with E-state index in [2.05, 4.69) is 44.3 Å². The molecule has 94 valence electrons. The Morgan fingerprint density at radius 2 is 2.06 bits per heavy atom. The van der Waals surface area contributed by atoms with E-state index in [1.54, 1.807) is 0 Å². The second-order valence-corrected chi connectivity index (χ2v) is 4.91. The largest absolute Gasteiger partial charge is 0.490 e. The van der Waals surface area contributed by atoms with Crippen LogP contribution in [-0.4, -0.2) is 18.7 Å². The molecule has 0 heterocycles. The fraction of sp³-hybridized carbons (Fsp3) is 0.600. The standard InChI is InChI=1S/C15H23NO/c1-4-12-8-14(7-6-11(12)3)17-15-9-13(10-15)16-5-2/h6-8,13,15-16H,4-5,9-10H2,1-3H3/t13-,15+. The van der Waals surface area contributed by atoms with Crippen LogP contribution in [0.5, 0.6) is 5.75 Å². The molecule has 0 bridgehead atoms. The van der Waals surface area contributed by atoms with Crippen LogP contribution >= 0.6 is 0 Å². The van der Waals surface area contributed by atoms with Gasteiger partial charge in [0.1, 0.15) is 11.9 Å². The minimum atomic E-state index is 0.409. The average molecular weight is 233 g/mol. The summed E-state index contributed by atoms with van der Waals surface area (Å²) in [5.41, 5.74) is 2.75. The first-order chi connectivity index (χ1) is 8.22. The maximum absolute atomic E-state index is 5.98. The van der Waals surface area contributed by atoms with Crippen molar-refractivity contribution < 1.29 is 4.74 Å². The van der Waals surface area contributed by atoms with Crippen molar-refractivity contribution in [1.82, 2.24) is 5.32 Å². The van der Waals surface area contributed by atoms with Crippen LogP contribution < -0.4 is 10.1 Å². The van der Waals surface area contributed by atoms with Crippen molar-refractivity contribution in [3.05, 3.63) is 29.3 Å². The van der Waals surface area contributed by atoms with Gasteiger partial charge in [-0.15, -0.1) is 0 Å². The Morgan fingerprint density at radius 3 is 2.71 bits per heavy atom. The van der Waals surface area contributed by atoms with Gasteiger partial charge in [0, 0.05) is 6.04 Å². The van der Waals surface area contributed by atoms with Crippen LogP contribution in [0.15, 0.2) is 18.2 Å². The predicted octanol–water partition coefficient (Wildman–Crippen LogP) is 3.08. The van der Waals surface area contributed by atoms with E-state index in [0.29, 0.717) is 12.1 Å². The molecule has 0 atom stereocenters.